The highest BCUT2D eigenvalue weighted by molar-refractivity contribution is 6.42. The van der Waals surface area contributed by atoms with Gasteiger partial charge in [-0.1, -0.05) is 63.7 Å². The van der Waals surface area contributed by atoms with E-state index in [1.165, 1.54) is 6.20 Å². The molecule has 0 bridgehead atoms. The Morgan fingerprint density at radius 1 is 1.25 bits per heavy atom. The van der Waals surface area contributed by atoms with Crippen molar-refractivity contribution in [1.29, 1.82) is 0 Å². The summed E-state index contributed by atoms with van der Waals surface area (Å²) < 4.78 is 7.67. The van der Waals surface area contributed by atoms with Crippen LogP contribution in [0.25, 0.3) is 11.0 Å². The number of halogens is 2. The summed E-state index contributed by atoms with van der Waals surface area (Å²) in [7, 11) is 0. The van der Waals surface area contributed by atoms with E-state index < -0.39 is 35.7 Å². The molecule has 3 atom stereocenters. The standard InChI is InChI=1S/C24H32Cl2N6O4/c1-5-6-7-16(21(33)22(34)30-20-8-9-28-31-20)29-23(35)36-19(24(2,3)4)12-32-13-27-17-10-14(25)15(26)11-18(17)32/h8-11,13,16,19,21,33H,5-7,12H2,1-4H3,(H,29,35)(H2,28,30,31,34)/t16-,19+,21+/m0/s1. The molecule has 0 aliphatic heterocycles. The molecule has 0 aliphatic carbocycles. The van der Waals surface area contributed by atoms with Gasteiger partial charge in [-0.3, -0.25) is 9.89 Å². The third-order valence-electron chi connectivity index (χ3n) is 5.82. The van der Waals surface area contributed by atoms with E-state index in [2.05, 4.69) is 25.8 Å². The number of rotatable bonds is 10. The SMILES string of the molecule is CCCC[C@H](NC(=O)O[C@H](Cn1cnc2cc(Cl)c(Cl)cc21)C(C)(C)C)[C@@H](O)C(=O)Nc1ccn[nH]1. The Balaban J connectivity index is 1.72. The number of aromatic amines is 1. The number of imidazole rings is 1. The van der Waals surface area contributed by atoms with Crippen LogP contribution < -0.4 is 10.6 Å². The number of hydrogen-bond acceptors (Lipinski definition) is 6. The van der Waals surface area contributed by atoms with Gasteiger partial charge in [-0.2, -0.15) is 5.10 Å². The predicted octanol–water partition coefficient (Wildman–Crippen LogP) is 4.77. The number of fused-ring (bicyclic) bond motifs is 1. The molecule has 2 aromatic heterocycles. The minimum absolute atomic E-state index is 0.313. The van der Waals surface area contributed by atoms with Gasteiger partial charge in [-0.15, -0.1) is 0 Å². The van der Waals surface area contributed by atoms with Crippen molar-refractivity contribution in [2.24, 2.45) is 5.41 Å². The van der Waals surface area contributed by atoms with Crippen LogP contribution in [-0.4, -0.2) is 55.1 Å². The van der Waals surface area contributed by atoms with Gasteiger partial charge in [0.05, 0.1) is 46.2 Å². The summed E-state index contributed by atoms with van der Waals surface area (Å²) >= 11 is 12.3. The number of hydrogen-bond donors (Lipinski definition) is 4. The summed E-state index contributed by atoms with van der Waals surface area (Å²) in [5, 5.41) is 23.1. The van der Waals surface area contributed by atoms with Crippen LogP contribution in [0.4, 0.5) is 10.6 Å². The first-order valence-electron chi connectivity index (χ1n) is 11.7. The van der Waals surface area contributed by atoms with E-state index in [4.69, 9.17) is 27.9 Å². The number of carbonyl (C=O) groups excluding carboxylic acids is 2. The van der Waals surface area contributed by atoms with Crippen LogP contribution in [0.2, 0.25) is 10.0 Å². The number of carbonyl (C=O) groups is 2. The largest absolute Gasteiger partial charge is 0.444 e. The Kier molecular flexibility index (Phi) is 9.21. The molecule has 12 heteroatoms. The summed E-state index contributed by atoms with van der Waals surface area (Å²) in [6, 6.07) is 4.13. The number of alkyl carbamates (subject to hydrolysis) is 1. The lowest BCUT2D eigenvalue weighted by Crippen LogP contribution is -2.50. The maximum atomic E-state index is 13.0. The number of H-pyrrole nitrogens is 1. The van der Waals surface area contributed by atoms with E-state index in [1.54, 1.807) is 24.5 Å². The molecular formula is C24H32Cl2N6O4. The second-order valence-electron chi connectivity index (χ2n) is 9.71. The van der Waals surface area contributed by atoms with Gasteiger partial charge in [0.15, 0.2) is 6.10 Å². The Labute approximate surface area is 219 Å². The molecule has 0 saturated carbocycles. The number of anilines is 1. The van der Waals surface area contributed by atoms with Crippen molar-refractivity contribution in [3.63, 3.8) is 0 Å². The number of unbranched alkanes of at least 4 members (excludes halogenated alkanes) is 1. The Hall–Kier alpha value is -2.82. The monoisotopic (exact) mass is 538 g/mol. The first kappa shape index (κ1) is 27.8. The summed E-state index contributed by atoms with van der Waals surface area (Å²) in [6.45, 7) is 8.16. The second-order valence-corrected chi connectivity index (χ2v) is 10.5. The first-order valence-corrected chi connectivity index (χ1v) is 12.5. The molecule has 3 aromatic rings. The average molecular weight is 539 g/mol. The quantitative estimate of drug-likeness (QED) is 0.293. The molecule has 36 heavy (non-hydrogen) atoms. The lowest BCUT2D eigenvalue weighted by molar-refractivity contribution is -0.125. The van der Waals surface area contributed by atoms with Crippen molar-refractivity contribution in [1.82, 2.24) is 25.1 Å². The highest BCUT2D eigenvalue weighted by Gasteiger charge is 2.32. The molecule has 2 heterocycles. The van der Waals surface area contributed by atoms with E-state index in [1.807, 2.05) is 32.3 Å². The van der Waals surface area contributed by atoms with Crippen molar-refractivity contribution in [2.45, 2.75) is 71.8 Å². The smallest absolute Gasteiger partial charge is 0.407 e. The fourth-order valence-corrected chi connectivity index (χ4v) is 3.94. The van der Waals surface area contributed by atoms with E-state index in [9.17, 15) is 14.7 Å². The van der Waals surface area contributed by atoms with Crippen LogP contribution in [0, 0.1) is 5.41 Å². The fourth-order valence-electron chi connectivity index (χ4n) is 3.63. The zero-order valence-electron chi connectivity index (χ0n) is 20.7. The number of amides is 2. The number of nitrogens with zero attached hydrogens (tertiary/aromatic N) is 3. The summed E-state index contributed by atoms with van der Waals surface area (Å²) in [5.74, 6) is -0.314. The minimum Gasteiger partial charge on any atom is -0.444 e. The maximum absolute atomic E-state index is 13.0. The van der Waals surface area contributed by atoms with Gasteiger partial charge in [0.1, 0.15) is 11.9 Å². The van der Waals surface area contributed by atoms with E-state index in [0.29, 0.717) is 40.8 Å². The van der Waals surface area contributed by atoms with E-state index >= 15 is 0 Å². The zero-order chi connectivity index (χ0) is 26.5. The average Bonchev–Trinajstić information content (AvgIpc) is 3.45. The third kappa shape index (κ3) is 7.11. The van der Waals surface area contributed by atoms with Crippen LogP contribution in [0.15, 0.2) is 30.7 Å². The molecule has 1 aromatic carbocycles. The molecule has 0 aliphatic rings. The number of nitrogens with one attached hydrogen (secondary N) is 3. The van der Waals surface area contributed by atoms with Gasteiger partial charge in [0.2, 0.25) is 0 Å². The zero-order valence-corrected chi connectivity index (χ0v) is 22.2. The number of aromatic nitrogens is 4. The van der Waals surface area contributed by atoms with E-state index in [0.717, 1.165) is 11.9 Å². The summed E-state index contributed by atoms with van der Waals surface area (Å²) in [4.78, 5) is 29.9. The van der Waals surface area contributed by atoms with Crippen LogP contribution >= 0.6 is 23.2 Å². The van der Waals surface area contributed by atoms with Gasteiger partial charge in [-0.05, 0) is 18.6 Å². The number of aliphatic hydroxyl groups excluding tert-OH is 1. The Bertz CT molecular complexity index is 1180. The molecule has 10 nitrogen and oxygen atoms in total. The summed E-state index contributed by atoms with van der Waals surface area (Å²) in [6.07, 6.45) is 2.27. The van der Waals surface area contributed by atoms with Crippen LogP contribution in [0.3, 0.4) is 0 Å². The molecule has 0 radical (unpaired) electrons. The molecular weight excluding hydrogens is 507 g/mol. The van der Waals surface area contributed by atoms with Gasteiger partial charge >= 0.3 is 6.09 Å². The molecule has 0 fully saturated rings. The molecule has 3 rings (SSSR count). The molecule has 2 amide bonds. The topological polar surface area (TPSA) is 134 Å². The highest BCUT2D eigenvalue weighted by Crippen LogP contribution is 2.29. The predicted molar refractivity (Wildman–Crippen MR) is 139 cm³/mol. The number of benzene rings is 1. The number of aliphatic hydroxyl groups is 1. The maximum Gasteiger partial charge on any atom is 0.407 e. The van der Waals surface area contributed by atoms with Gasteiger partial charge < -0.3 is 25.0 Å². The van der Waals surface area contributed by atoms with Crippen molar-refractivity contribution in [3.8, 4) is 0 Å². The normalized spacial score (nSPS) is 14.3. The van der Waals surface area contributed by atoms with E-state index in [-0.39, 0.29) is 0 Å². The lowest BCUT2D eigenvalue weighted by atomic mass is 9.89. The minimum atomic E-state index is -1.48. The molecule has 0 spiro atoms. The molecule has 196 valence electrons. The van der Waals surface area contributed by atoms with Crippen molar-refractivity contribution < 1.29 is 19.4 Å². The lowest BCUT2D eigenvalue weighted by Gasteiger charge is -2.32. The van der Waals surface area contributed by atoms with Crippen LogP contribution in [0.5, 0.6) is 0 Å². The van der Waals surface area contributed by atoms with Crippen molar-refractivity contribution in [2.75, 3.05) is 5.32 Å². The first-order chi connectivity index (χ1) is 17.0. The van der Waals surface area contributed by atoms with Crippen LogP contribution in [0.1, 0.15) is 47.0 Å². The Morgan fingerprint density at radius 2 is 1.97 bits per heavy atom. The molecule has 0 unspecified atom stereocenters. The van der Waals surface area contributed by atoms with Gasteiger partial charge in [0, 0.05) is 11.5 Å². The molecule has 4 N–H and O–H groups in total. The van der Waals surface area contributed by atoms with Crippen molar-refractivity contribution in [3.05, 3.63) is 40.8 Å². The highest BCUT2D eigenvalue weighted by atomic mass is 35.5. The second kappa shape index (κ2) is 11.9. The Morgan fingerprint density at radius 3 is 2.61 bits per heavy atom. The fraction of sp³-hybridized carbons (Fsp3) is 0.500. The summed E-state index contributed by atoms with van der Waals surface area (Å²) in [5.41, 5.74) is 1.00. The van der Waals surface area contributed by atoms with Gasteiger partial charge in [0.25, 0.3) is 5.91 Å². The molecule has 0 saturated heterocycles. The van der Waals surface area contributed by atoms with Gasteiger partial charge in [-0.25, -0.2) is 9.78 Å². The van der Waals surface area contributed by atoms with Crippen LogP contribution in [-0.2, 0) is 16.1 Å². The third-order valence-corrected chi connectivity index (χ3v) is 6.54. The number of ether oxygens (including phenoxy) is 1. The van der Waals surface area contributed by atoms with Crippen molar-refractivity contribution >= 4 is 52.1 Å².